The molecule has 26 heavy (non-hydrogen) atoms. The van der Waals surface area contributed by atoms with Crippen LogP contribution >= 0.6 is 0 Å². The van der Waals surface area contributed by atoms with Crippen molar-refractivity contribution in [2.75, 3.05) is 18.0 Å². The van der Waals surface area contributed by atoms with Crippen molar-refractivity contribution in [3.05, 3.63) is 66.2 Å². The molecule has 0 spiro atoms. The maximum atomic E-state index is 11.3. The van der Waals surface area contributed by atoms with Crippen LogP contribution in [0.3, 0.4) is 0 Å². The van der Waals surface area contributed by atoms with Gasteiger partial charge in [0.25, 0.3) is 0 Å². The monoisotopic (exact) mass is 347 g/mol. The van der Waals surface area contributed by atoms with Crippen LogP contribution in [-0.2, 0) is 0 Å². The molecule has 1 aromatic carbocycles. The zero-order chi connectivity index (χ0) is 17.5. The summed E-state index contributed by atoms with van der Waals surface area (Å²) in [7, 11) is 0. The molecule has 2 aromatic heterocycles. The molecule has 5 rings (SSSR count). The predicted octanol–water partition coefficient (Wildman–Crippen LogP) is 4.16. The van der Waals surface area contributed by atoms with Crippen LogP contribution in [0.15, 0.2) is 55.1 Å². The average molecular weight is 347 g/mol. The first-order valence-electron chi connectivity index (χ1n) is 9.74. The Bertz CT molecular complexity index is 892. The number of aliphatic hydroxyl groups excluding tert-OH is 1. The summed E-state index contributed by atoms with van der Waals surface area (Å²) in [6.45, 7) is 2.01. The minimum absolute atomic E-state index is 0.313. The lowest BCUT2D eigenvalue weighted by Gasteiger charge is -2.36. The third-order valence-corrected chi connectivity index (χ3v) is 6.09. The third kappa shape index (κ3) is 2.78. The number of anilines is 1. The van der Waals surface area contributed by atoms with E-state index in [2.05, 4.69) is 52.5 Å². The molecule has 1 atom stereocenters. The summed E-state index contributed by atoms with van der Waals surface area (Å²) in [4.78, 5) is 6.74. The molecule has 0 radical (unpaired) electrons. The van der Waals surface area contributed by atoms with Gasteiger partial charge in [-0.05, 0) is 61.3 Å². The van der Waals surface area contributed by atoms with Crippen LogP contribution in [0.25, 0.3) is 5.52 Å². The van der Waals surface area contributed by atoms with Gasteiger partial charge in [-0.2, -0.15) is 0 Å². The fourth-order valence-electron chi connectivity index (χ4n) is 4.45. The second-order valence-corrected chi connectivity index (χ2v) is 7.75. The van der Waals surface area contributed by atoms with Gasteiger partial charge in [0, 0.05) is 30.5 Å². The first-order chi connectivity index (χ1) is 12.8. The van der Waals surface area contributed by atoms with Gasteiger partial charge in [0.1, 0.15) is 0 Å². The standard InChI is InChI=1S/C22H25N3O/c26-22(17-8-11-24(12-9-17)18-4-2-1-3-5-18)21-19(16-6-7-16)10-13-25-15-23-14-20(21)25/h1-5,10,13-17,22,26H,6-9,11-12H2. The Balaban J connectivity index is 1.39. The highest BCUT2D eigenvalue weighted by Crippen LogP contribution is 2.46. The second-order valence-electron chi connectivity index (χ2n) is 7.75. The number of para-hydroxylation sites is 1. The molecule has 1 saturated heterocycles. The topological polar surface area (TPSA) is 40.8 Å². The maximum Gasteiger partial charge on any atom is 0.0992 e. The Morgan fingerprint density at radius 3 is 2.50 bits per heavy atom. The molecule has 1 aliphatic carbocycles. The van der Waals surface area contributed by atoms with E-state index in [9.17, 15) is 5.11 Å². The minimum Gasteiger partial charge on any atom is -0.388 e. The van der Waals surface area contributed by atoms with E-state index < -0.39 is 6.10 Å². The van der Waals surface area contributed by atoms with E-state index >= 15 is 0 Å². The van der Waals surface area contributed by atoms with E-state index in [1.165, 1.54) is 24.1 Å². The molecule has 1 unspecified atom stereocenters. The summed E-state index contributed by atoms with van der Waals surface area (Å²) in [6.07, 6.45) is 9.97. The summed E-state index contributed by atoms with van der Waals surface area (Å²) < 4.78 is 2.05. The molecule has 2 aliphatic rings. The van der Waals surface area contributed by atoms with Crippen molar-refractivity contribution in [3.8, 4) is 0 Å². The van der Waals surface area contributed by atoms with Gasteiger partial charge in [-0.15, -0.1) is 0 Å². The van der Waals surface area contributed by atoms with Crippen LogP contribution in [0.2, 0.25) is 0 Å². The van der Waals surface area contributed by atoms with Gasteiger partial charge in [0.2, 0.25) is 0 Å². The zero-order valence-corrected chi connectivity index (χ0v) is 15.0. The van der Waals surface area contributed by atoms with Crippen LogP contribution in [0, 0.1) is 5.92 Å². The number of aliphatic hydroxyl groups is 1. The van der Waals surface area contributed by atoms with E-state index in [0.717, 1.165) is 37.0 Å². The summed E-state index contributed by atoms with van der Waals surface area (Å²) in [5.41, 5.74) is 4.84. The minimum atomic E-state index is -0.399. The summed E-state index contributed by atoms with van der Waals surface area (Å²) in [5, 5.41) is 11.3. The maximum absolute atomic E-state index is 11.3. The van der Waals surface area contributed by atoms with Crippen molar-refractivity contribution in [1.29, 1.82) is 0 Å². The van der Waals surface area contributed by atoms with Crippen molar-refractivity contribution in [2.45, 2.75) is 37.7 Å². The summed E-state index contributed by atoms with van der Waals surface area (Å²) in [6, 6.07) is 12.8. The average Bonchev–Trinajstić information content (AvgIpc) is 3.44. The number of imidazole rings is 1. The Kier molecular flexibility index (Phi) is 3.93. The van der Waals surface area contributed by atoms with Crippen LogP contribution in [0.1, 0.15) is 48.8 Å². The van der Waals surface area contributed by atoms with Crippen LogP contribution < -0.4 is 4.90 Å². The number of hydrogen-bond donors (Lipinski definition) is 1. The number of aromatic nitrogens is 2. The fraction of sp³-hybridized carbons (Fsp3) is 0.409. The molecule has 4 nitrogen and oxygen atoms in total. The second kappa shape index (κ2) is 6.44. The van der Waals surface area contributed by atoms with E-state index in [0.29, 0.717) is 11.8 Å². The van der Waals surface area contributed by atoms with Crippen LogP contribution in [0.5, 0.6) is 0 Å². The van der Waals surface area contributed by atoms with Gasteiger partial charge in [-0.25, -0.2) is 4.98 Å². The van der Waals surface area contributed by atoms with Crippen molar-refractivity contribution in [2.24, 2.45) is 5.92 Å². The molecule has 0 bridgehead atoms. The number of pyridine rings is 1. The molecule has 2 fully saturated rings. The highest BCUT2D eigenvalue weighted by Gasteiger charge is 2.33. The number of piperidine rings is 1. The zero-order valence-electron chi connectivity index (χ0n) is 15.0. The Morgan fingerprint density at radius 1 is 1.00 bits per heavy atom. The van der Waals surface area contributed by atoms with E-state index in [4.69, 9.17) is 0 Å². The van der Waals surface area contributed by atoms with Crippen LogP contribution in [-0.4, -0.2) is 27.6 Å². The van der Waals surface area contributed by atoms with Gasteiger partial charge in [-0.3, -0.25) is 0 Å². The van der Waals surface area contributed by atoms with Gasteiger partial charge >= 0.3 is 0 Å². The van der Waals surface area contributed by atoms with Gasteiger partial charge < -0.3 is 14.4 Å². The predicted molar refractivity (Wildman–Crippen MR) is 104 cm³/mol. The molecule has 4 heteroatoms. The van der Waals surface area contributed by atoms with Crippen molar-refractivity contribution < 1.29 is 5.11 Å². The molecule has 3 heterocycles. The highest BCUT2D eigenvalue weighted by atomic mass is 16.3. The highest BCUT2D eigenvalue weighted by molar-refractivity contribution is 5.59. The number of rotatable bonds is 4. The SMILES string of the molecule is OC(c1c(C2CC2)ccn2cncc12)C1CCN(c2ccccc2)CC1. The lowest BCUT2D eigenvalue weighted by Crippen LogP contribution is -2.35. The summed E-state index contributed by atoms with van der Waals surface area (Å²) in [5.74, 6) is 0.942. The molecular formula is C22H25N3O. The smallest absolute Gasteiger partial charge is 0.0992 e. The molecular weight excluding hydrogens is 322 g/mol. The molecule has 1 N–H and O–H groups in total. The molecule has 134 valence electrons. The van der Waals surface area contributed by atoms with E-state index in [-0.39, 0.29) is 0 Å². The Labute approximate surface area is 154 Å². The first-order valence-corrected chi connectivity index (χ1v) is 9.74. The fourth-order valence-corrected chi connectivity index (χ4v) is 4.45. The number of hydrogen-bond acceptors (Lipinski definition) is 3. The lowest BCUT2D eigenvalue weighted by atomic mass is 9.84. The van der Waals surface area contributed by atoms with E-state index in [1.54, 1.807) is 0 Å². The van der Waals surface area contributed by atoms with Crippen molar-refractivity contribution in [3.63, 3.8) is 0 Å². The van der Waals surface area contributed by atoms with Crippen molar-refractivity contribution >= 4 is 11.2 Å². The number of nitrogens with zero attached hydrogens (tertiary/aromatic N) is 3. The summed E-state index contributed by atoms with van der Waals surface area (Å²) >= 11 is 0. The number of fused-ring (bicyclic) bond motifs is 1. The Morgan fingerprint density at radius 2 is 1.77 bits per heavy atom. The molecule has 1 saturated carbocycles. The lowest BCUT2D eigenvalue weighted by molar-refractivity contribution is 0.0931. The van der Waals surface area contributed by atoms with Crippen molar-refractivity contribution in [1.82, 2.24) is 9.38 Å². The molecule has 1 aliphatic heterocycles. The number of benzene rings is 1. The third-order valence-electron chi connectivity index (χ3n) is 6.09. The first kappa shape index (κ1) is 15.9. The van der Waals surface area contributed by atoms with Gasteiger partial charge in [0.15, 0.2) is 0 Å². The van der Waals surface area contributed by atoms with Gasteiger partial charge in [0.05, 0.1) is 24.1 Å². The quantitative estimate of drug-likeness (QED) is 0.770. The normalized spacial score (nSPS) is 19.8. The molecule has 0 amide bonds. The van der Waals surface area contributed by atoms with Gasteiger partial charge in [-0.1, -0.05) is 18.2 Å². The largest absolute Gasteiger partial charge is 0.388 e. The van der Waals surface area contributed by atoms with Crippen LogP contribution in [0.4, 0.5) is 5.69 Å². The molecule has 3 aromatic rings. The Hall–Kier alpha value is -2.33. The van der Waals surface area contributed by atoms with E-state index in [1.807, 2.05) is 16.9 Å².